The molecule has 2 amide bonds. The average molecular weight is 293 g/mol. The summed E-state index contributed by atoms with van der Waals surface area (Å²) < 4.78 is 0. The summed E-state index contributed by atoms with van der Waals surface area (Å²) in [5.74, 6) is 0.516. The Morgan fingerprint density at radius 2 is 2.00 bits per heavy atom. The van der Waals surface area contributed by atoms with E-state index in [2.05, 4.69) is 0 Å². The standard InChI is InChI=1S/C14H19N3O2S/c15-11-5-3-10(4-6-11)8-17(9-13(16)18)14(19)12-2-1-7-20-12/h3-6,12H,1-2,7-9,15H2,(H2,16,18). The zero-order valence-corrected chi connectivity index (χ0v) is 12.1. The van der Waals surface area contributed by atoms with Crippen molar-refractivity contribution in [1.82, 2.24) is 4.90 Å². The summed E-state index contributed by atoms with van der Waals surface area (Å²) >= 11 is 1.66. The molecular weight excluding hydrogens is 274 g/mol. The van der Waals surface area contributed by atoms with Crippen LogP contribution in [0.4, 0.5) is 5.69 Å². The first-order chi connectivity index (χ1) is 9.56. The van der Waals surface area contributed by atoms with Crippen LogP contribution in [0, 0.1) is 0 Å². The molecule has 1 aromatic rings. The number of amides is 2. The number of primary amides is 1. The number of benzene rings is 1. The van der Waals surface area contributed by atoms with Crippen molar-refractivity contribution < 1.29 is 9.59 Å². The second kappa shape index (κ2) is 6.65. The molecule has 0 aromatic heterocycles. The van der Waals surface area contributed by atoms with Crippen molar-refractivity contribution in [2.45, 2.75) is 24.6 Å². The molecule has 4 N–H and O–H groups in total. The summed E-state index contributed by atoms with van der Waals surface area (Å²) in [5.41, 5.74) is 12.5. The normalized spacial score (nSPS) is 17.9. The molecule has 0 saturated carbocycles. The summed E-state index contributed by atoms with van der Waals surface area (Å²) in [5, 5.41) is -0.0388. The number of carbonyl (C=O) groups excluding carboxylic acids is 2. The van der Waals surface area contributed by atoms with Crippen molar-refractivity contribution in [1.29, 1.82) is 0 Å². The Balaban J connectivity index is 2.08. The monoisotopic (exact) mass is 293 g/mol. The smallest absolute Gasteiger partial charge is 0.237 e. The minimum atomic E-state index is -0.489. The number of rotatable bonds is 5. The van der Waals surface area contributed by atoms with Crippen LogP contribution < -0.4 is 11.5 Å². The molecule has 0 radical (unpaired) electrons. The Morgan fingerprint density at radius 3 is 2.55 bits per heavy atom. The van der Waals surface area contributed by atoms with E-state index >= 15 is 0 Å². The SMILES string of the molecule is NC(=O)CN(Cc1ccc(N)cc1)C(=O)C1CCCS1. The lowest BCUT2D eigenvalue weighted by Crippen LogP contribution is -2.41. The highest BCUT2D eigenvalue weighted by Gasteiger charge is 2.28. The lowest BCUT2D eigenvalue weighted by molar-refractivity contribution is -0.135. The Kier molecular flexibility index (Phi) is 4.89. The minimum absolute atomic E-state index is 0.00289. The lowest BCUT2D eigenvalue weighted by Gasteiger charge is -2.24. The van der Waals surface area contributed by atoms with Gasteiger partial charge < -0.3 is 16.4 Å². The maximum atomic E-state index is 12.4. The van der Waals surface area contributed by atoms with Crippen molar-refractivity contribution in [3.8, 4) is 0 Å². The lowest BCUT2D eigenvalue weighted by atomic mass is 10.1. The zero-order chi connectivity index (χ0) is 14.5. The Morgan fingerprint density at radius 1 is 1.30 bits per heavy atom. The van der Waals surface area contributed by atoms with Crippen molar-refractivity contribution in [3.05, 3.63) is 29.8 Å². The molecule has 1 aromatic carbocycles. The summed E-state index contributed by atoms with van der Waals surface area (Å²) in [6.45, 7) is 0.347. The molecule has 0 spiro atoms. The molecule has 0 aliphatic carbocycles. The zero-order valence-electron chi connectivity index (χ0n) is 11.2. The van der Waals surface area contributed by atoms with E-state index in [9.17, 15) is 9.59 Å². The highest BCUT2D eigenvalue weighted by molar-refractivity contribution is 8.00. The molecule has 1 heterocycles. The largest absolute Gasteiger partial charge is 0.399 e. The molecule has 1 aliphatic rings. The van der Waals surface area contributed by atoms with E-state index in [1.54, 1.807) is 23.9 Å². The topological polar surface area (TPSA) is 89.4 Å². The maximum Gasteiger partial charge on any atom is 0.237 e. The summed E-state index contributed by atoms with van der Waals surface area (Å²) in [6, 6.07) is 7.29. The molecule has 1 unspecified atom stereocenters. The van der Waals surface area contributed by atoms with Gasteiger partial charge >= 0.3 is 0 Å². The van der Waals surface area contributed by atoms with E-state index in [4.69, 9.17) is 11.5 Å². The van der Waals surface area contributed by atoms with Crippen LogP contribution in [-0.4, -0.2) is 34.3 Å². The number of anilines is 1. The van der Waals surface area contributed by atoms with Crippen LogP contribution in [0.2, 0.25) is 0 Å². The Bertz CT molecular complexity index is 484. The van der Waals surface area contributed by atoms with Gasteiger partial charge in [-0.2, -0.15) is 0 Å². The van der Waals surface area contributed by atoms with Crippen molar-refractivity contribution in [3.63, 3.8) is 0 Å². The van der Waals surface area contributed by atoms with Gasteiger partial charge in [0.2, 0.25) is 11.8 Å². The maximum absolute atomic E-state index is 12.4. The van der Waals surface area contributed by atoms with Crippen LogP contribution in [0.5, 0.6) is 0 Å². The molecule has 1 aliphatic heterocycles. The van der Waals surface area contributed by atoms with Crippen molar-refractivity contribution >= 4 is 29.3 Å². The Labute approximate surface area is 122 Å². The number of nitrogens with zero attached hydrogens (tertiary/aromatic N) is 1. The highest BCUT2D eigenvalue weighted by Crippen LogP contribution is 2.28. The third kappa shape index (κ3) is 3.90. The molecular formula is C14H19N3O2S. The van der Waals surface area contributed by atoms with Gasteiger partial charge in [0.05, 0.1) is 11.8 Å². The predicted molar refractivity (Wildman–Crippen MR) is 80.9 cm³/mol. The summed E-state index contributed by atoms with van der Waals surface area (Å²) in [6.07, 6.45) is 1.92. The Hall–Kier alpha value is -1.69. The van der Waals surface area contributed by atoms with Crippen LogP contribution in [-0.2, 0) is 16.1 Å². The van der Waals surface area contributed by atoms with Crippen LogP contribution in [0.3, 0.4) is 0 Å². The molecule has 1 saturated heterocycles. The molecule has 1 atom stereocenters. The highest BCUT2D eigenvalue weighted by atomic mass is 32.2. The first kappa shape index (κ1) is 14.7. The van der Waals surface area contributed by atoms with E-state index < -0.39 is 5.91 Å². The fourth-order valence-electron chi connectivity index (χ4n) is 2.22. The van der Waals surface area contributed by atoms with Crippen LogP contribution in [0.25, 0.3) is 0 Å². The number of thioether (sulfide) groups is 1. The molecule has 0 bridgehead atoms. The first-order valence-electron chi connectivity index (χ1n) is 6.59. The van der Waals surface area contributed by atoms with Gasteiger partial charge in [0.1, 0.15) is 0 Å². The molecule has 1 fully saturated rings. The van der Waals surface area contributed by atoms with E-state index in [-0.39, 0.29) is 17.7 Å². The molecule has 108 valence electrons. The second-order valence-electron chi connectivity index (χ2n) is 4.90. The average Bonchev–Trinajstić information content (AvgIpc) is 2.93. The first-order valence-corrected chi connectivity index (χ1v) is 7.64. The molecule has 2 rings (SSSR count). The van der Waals surface area contributed by atoms with Gasteiger partial charge in [0.25, 0.3) is 0 Å². The quantitative estimate of drug-likeness (QED) is 0.792. The third-order valence-electron chi connectivity index (χ3n) is 3.22. The fourth-order valence-corrected chi connectivity index (χ4v) is 3.46. The summed E-state index contributed by atoms with van der Waals surface area (Å²) in [4.78, 5) is 25.1. The number of nitrogen functional groups attached to an aromatic ring is 1. The van der Waals surface area contributed by atoms with E-state index in [1.807, 2.05) is 12.1 Å². The predicted octanol–water partition coefficient (Wildman–Crippen LogP) is 0.978. The fraction of sp³-hybridized carbons (Fsp3) is 0.429. The third-order valence-corrected chi connectivity index (χ3v) is 4.58. The van der Waals surface area contributed by atoms with Gasteiger partial charge in [-0.15, -0.1) is 11.8 Å². The van der Waals surface area contributed by atoms with E-state index in [0.29, 0.717) is 12.2 Å². The molecule has 6 heteroatoms. The minimum Gasteiger partial charge on any atom is -0.399 e. The van der Waals surface area contributed by atoms with Crippen LogP contribution in [0.15, 0.2) is 24.3 Å². The molecule has 5 nitrogen and oxygen atoms in total. The van der Waals surface area contributed by atoms with Crippen molar-refractivity contribution in [2.75, 3.05) is 18.0 Å². The van der Waals surface area contributed by atoms with Gasteiger partial charge in [-0.25, -0.2) is 0 Å². The number of hydrogen-bond donors (Lipinski definition) is 2. The second-order valence-corrected chi connectivity index (χ2v) is 6.21. The van der Waals surface area contributed by atoms with Crippen molar-refractivity contribution in [2.24, 2.45) is 5.73 Å². The molecule has 20 heavy (non-hydrogen) atoms. The van der Waals surface area contributed by atoms with Gasteiger partial charge in [0.15, 0.2) is 0 Å². The number of carbonyl (C=O) groups is 2. The summed E-state index contributed by atoms with van der Waals surface area (Å²) in [7, 11) is 0. The van der Waals surface area contributed by atoms with Gasteiger partial charge in [-0.3, -0.25) is 9.59 Å². The van der Waals surface area contributed by atoms with Crippen LogP contribution in [0.1, 0.15) is 18.4 Å². The van der Waals surface area contributed by atoms with Crippen LogP contribution >= 0.6 is 11.8 Å². The number of hydrogen-bond acceptors (Lipinski definition) is 4. The van der Waals surface area contributed by atoms with E-state index in [1.165, 1.54) is 4.90 Å². The van der Waals surface area contributed by atoms with Gasteiger partial charge in [-0.05, 0) is 36.3 Å². The van der Waals surface area contributed by atoms with E-state index in [0.717, 1.165) is 24.2 Å². The number of nitrogens with two attached hydrogens (primary N) is 2. The van der Waals surface area contributed by atoms with Gasteiger partial charge in [0, 0.05) is 12.2 Å². The van der Waals surface area contributed by atoms with Gasteiger partial charge in [-0.1, -0.05) is 12.1 Å².